The van der Waals surface area contributed by atoms with Gasteiger partial charge < -0.3 is 29.4 Å². The van der Waals surface area contributed by atoms with Gasteiger partial charge in [0.25, 0.3) is 5.91 Å². The number of aromatic hydroxyl groups is 1. The fourth-order valence-electron chi connectivity index (χ4n) is 5.77. The maximum Gasteiger partial charge on any atom is 0.251 e. The highest BCUT2D eigenvalue weighted by molar-refractivity contribution is 5.94. The maximum atomic E-state index is 13.0. The van der Waals surface area contributed by atoms with Crippen LogP contribution in [0.3, 0.4) is 0 Å². The minimum atomic E-state index is -0.184. The quantitative estimate of drug-likeness (QED) is 0.565. The van der Waals surface area contributed by atoms with Gasteiger partial charge in [0.05, 0.1) is 14.2 Å². The SMILES string of the molecule is COc1ccc2c(c1OC)CN1CCc3cc4c(cc3C1C2CNC(=O)c1ccc(O)cc1)OCO4. The van der Waals surface area contributed by atoms with Crippen LogP contribution in [0.5, 0.6) is 28.7 Å². The van der Waals surface area contributed by atoms with Crippen molar-refractivity contribution in [3.63, 3.8) is 0 Å². The zero-order valence-electron chi connectivity index (χ0n) is 20.2. The summed E-state index contributed by atoms with van der Waals surface area (Å²) in [6, 6.07) is 14.6. The Morgan fingerprint density at radius 1 is 1.06 bits per heavy atom. The molecule has 6 rings (SSSR count). The lowest BCUT2D eigenvalue weighted by Crippen LogP contribution is -2.45. The van der Waals surface area contributed by atoms with Crippen LogP contribution in [0.4, 0.5) is 0 Å². The minimum absolute atomic E-state index is 0.0333. The molecule has 0 saturated carbocycles. The summed E-state index contributed by atoms with van der Waals surface area (Å²) in [6.45, 7) is 2.26. The summed E-state index contributed by atoms with van der Waals surface area (Å²) < 4.78 is 22.7. The van der Waals surface area contributed by atoms with Gasteiger partial charge in [-0.15, -0.1) is 0 Å². The van der Waals surface area contributed by atoms with Gasteiger partial charge in [0, 0.05) is 42.7 Å². The van der Waals surface area contributed by atoms with Gasteiger partial charge in [-0.1, -0.05) is 6.07 Å². The molecule has 3 aromatic carbocycles. The largest absolute Gasteiger partial charge is 0.508 e. The molecule has 3 aliphatic heterocycles. The molecule has 0 saturated heterocycles. The molecule has 2 unspecified atom stereocenters. The fourth-order valence-corrected chi connectivity index (χ4v) is 5.77. The zero-order chi connectivity index (χ0) is 24.8. The smallest absolute Gasteiger partial charge is 0.251 e. The third kappa shape index (κ3) is 3.69. The van der Waals surface area contributed by atoms with Crippen LogP contribution in [-0.4, -0.2) is 50.0 Å². The third-order valence-electron chi connectivity index (χ3n) is 7.45. The molecule has 36 heavy (non-hydrogen) atoms. The van der Waals surface area contributed by atoms with Gasteiger partial charge in [0.1, 0.15) is 5.75 Å². The molecule has 0 aromatic heterocycles. The second kappa shape index (κ2) is 8.95. The van der Waals surface area contributed by atoms with Crippen LogP contribution in [0.1, 0.15) is 44.6 Å². The van der Waals surface area contributed by atoms with Crippen molar-refractivity contribution in [2.75, 3.05) is 34.1 Å². The second-order valence-corrected chi connectivity index (χ2v) is 9.30. The number of carbonyl (C=O) groups excluding carboxylic acids is 1. The highest BCUT2D eigenvalue weighted by Crippen LogP contribution is 2.51. The first-order valence-electron chi connectivity index (χ1n) is 12.0. The molecule has 8 nitrogen and oxygen atoms in total. The number of hydrogen-bond acceptors (Lipinski definition) is 7. The van der Waals surface area contributed by atoms with E-state index in [1.165, 1.54) is 23.3 Å². The second-order valence-electron chi connectivity index (χ2n) is 9.30. The predicted octanol–water partition coefficient (Wildman–Crippen LogP) is 3.76. The molecule has 0 spiro atoms. The molecule has 2 N–H and O–H groups in total. The zero-order valence-corrected chi connectivity index (χ0v) is 20.2. The van der Waals surface area contributed by atoms with Crippen LogP contribution in [0.25, 0.3) is 0 Å². The predicted molar refractivity (Wildman–Crippen MR) is 132 cm³/mol. The molecule has 0 bridgehead atoms. The molecule has 2 atom stereocenters. The Bertz CT molecular complexity index is 1320. The lowest BCUT2D eigenvalue weighted by Gasteiger charge is -2.46. The Labute approximate surface area is 209 Å². The van der Waals surface area contributed by atoms with Gasteiger partial charge in [-0.25, -0.2) is 0 Å². The minimum Gasteiger partial charge on any atom is -0.508 e. The summed E-state index contributed by atoms with van der Waals surface area (Å²) in [6.07, 6.45) is 0.899. The average molecular weight is 489 g/mol. The van der Waals surface area contributed by atoms with Gasteiger partial charge in [0.2, 0.25) is 6.79 Å². The van der Waals surface area contributed by atoms with Crippen molar-refractivity contribution in [1.82, 2.24) is 10.2 Å². The van der Waals surface area contributed by atoms with Crippen molar-refractivity contribution in [1.29, 1.82) is 0 Å². The molecule has 8 heteroatoms. The van der Waals surface area contributed by atoms with Crippen molar-refractivity contribution in [2.24, 2.45) is 0 Å². The number of benzene rings is 3. The van der Waals surface area contributed by atoms with Crippen LogP contribution < -0.4 is 24.3 Å². The summed E-state index contributed by atoms with van der Waals surface area (Å²) in [5.74, 6) is 2.90. The third-order valence-corrected chi connectivity index (χ3v) is 7.45. The fraction of sp³-hybridized carbons (Fsp3) is 0.321. The molecule has 3 aliphatic rings. The number of carbonyl (C=O) groups is 1. The lowest BCUT2D eigenvalue weighted by molar-refractivity contribution is 0.0924. The van der Waals surface area contributed by atoms with Crippen molar-refractivity contribution in [3.8, 4) is 28.7 Å². The summed E-state index contributed by atoms with van der Waals surface area (Å²) in [7, 11) is 3.31. The van der Waals surface area contributed by atoms with E-state index >= 15 is 0 Å². The van der Waals surface area contributed by atoms with Gasteiger partial charge in [-0.05, 0) is 65.6 Å². The van der Waals surface area contributed by atoms with Crippen molar-refractivity contribution >= 4 is 5.91 Å². The number of amides is 1. The van der Waals surface area contributed by atoms with E-state index in [9.17, 15) is 9.90 Å². The monoisotopic (exact) mass is 488 g/mol. The molecular formula is C28H28N2O6. The van der Waals surface area contributed by atoms with Crippen LogP contribution in [0.15, 0.2) is 48.5 Å². The number of fused-ring (bicyclic) bond motifs is 5. The summed E-state index contributed by atoms with van der Waals surface area (Å²) in [4.78, 5) is 15.5. The summed E-state index contributed by atoms with van der Waals surface area (Å²) in [5.41, 5.74) is 5.17. The van der Waals surface area contributed by atoms with Crippen molar-refractivity contribution in [2.45, 2.75) is 24.9 Å². The Morgan fingerprint density at radius 3 is 2.58 bits per heavy atom. The van der Waals surface area contributed by atoms with E-state index in [4.69, 9.17) is 18.9 Å². The molecule has 0 aliphatic carbocycles. The average Bonchev–Trinajstić information content (AvgIpc) is 3.36. The van der Waals surface area contributed by atoms with E-state index in [0.717, 1.165) is 47.9 Å². The van der Waals surface area contributed by atoms with Gasteiger partial charge >= 0.3 is 0 Å². The Morgan fingerprint density at radius 2 is 1.83 bits per heavy atom. The maximum absolute atomic E-state index is 13.0. The lowest BCUT2D eigenvalue weighted by atomic mass is 9.76. The molecule has 3 aromatic rings. The summed E-state index contributed by atoms with van der Waals surface area (Å²) in [5, 5.41) is 12.7. The number of methoxy groups -OCH3 is 2. The number of phenols is 1. The van der Waals surface area contributed by atoms with Crippen LogP contribution in [-0.2, 0) is 13.0 Å². The normalized spacial score (nSPS) is 19.6. The van der Waals surface area contributed by atoms with Crippen LogP contribution >= 0.6 is 0 Å². The van der Waals surface area contributed by atoms with Gasteiger partial charge in [0.15, 0.2) is 23.0 Å². The molecule has 186 valence electrons. The Kier molecular flexibility index (Phi) is 5.60. The number of hydrogen-bond donors (Lipinski definition) is 2. The van der Waals surface area contributed by atoms with Gasteiger partial charge in [-0.2, -0.15) is 0 Å². The first-order chi connectivity index (χ1) is 17.6. The molecule has 0 fully saturated rings. The van der Waals surface area contributed by atoms with Gasteiger partial charge in [-0.3, -0.25) is 9.69 Å². The highest BCUT2D eigenvalue weighted by Gasteiger charge is 2.42. The number of nitrogens with one attached hydrogen (secondary N) is 1. The highest BCUT2D eigenvalue weighted by atomic mass is 16.7. The van der Waals surface area contributed by atoms with E-state index < -0.39 is 0 Å². The first-order valence-corrected chi connectivity index (χ1v) is 12.0. The Hall–Kier alpha value is -3.91. The molecular weight excluding hydrogens is 460 g/mol. The topological polar surface area (TPSA) is 89.5 Å². The molecule has 1 amide bonds. The molecule has 0 radical (unpaired) electrons. The molecule has 3 heterocycles. The van der Waals surface area contributed by atoms with E-state index in [0.29, 0.717) is 17.9 Å². The van der Waals surface area contributed by atoms with E-state index in [1.54, 1.807) is 26.4 Å². The Balaban J connectivity index is 1.41. The van der Waals surface area contributed by atoms with E-state index in [1.807, 2.05) is 6.07 Å². The van der Waals surface area contributed by atoms with Crippen LogP contribution in [0.2, 0.25) is 0 Å². The number of nitrogens with zero attached hydrogens (tertiary/aromatic N) is 1. The van der Waals surface area contributed by atoms with Crippen LogP contribution in [0, 0.1) is 0 Å². The van der Waals surface area contributed by atoms with Crippen molar-refractivity contribution in [3.05, 3.63) is 76.3 Å². The number of ether oxygens (including phenoxy) is 4. The number of phenolic OH excluding ortho intramolecular Hbond substituents is 1. The van der Waals surface area contributed by atoms with Crippen molar-refractivity contribution < 1.29 is 28.8 Å². The number of rotatable bonds is 5. The van der Waals surface area contributed by atoms with E-state index in [2.05, 4.69) is 28.4 Å². The summed E-state index contributed by atoms with van der Waals surface area (Å²) >= 11 is 0. The standard InChI is InChI=1S/C28H28N2O6/c1-33-23-8-7-19-21(13-29-28(32)16-3-5-18(31)6-4-16)26-20-12-25-24(35-15-36-25)11-17(20)9-10-30(26)14-22(19)27(23)34-2/h3-8,11-12,21,26,31H,9-10,13-15H2,1-2H3,(H,29,32). The van der Waals surface area contributed by atoms with E-state index in [-0.39, 0.29) is 30.4 Å². The first kappa shape index (κ1) is 22.5.